The molecule has 1 aromatic heterocycles. The predicted octanol–water partition coefficient (Wildman–Crippen LogP) is 1.31. The van der Waals surface area contributed by atoms with Gasteiger partial charge in [-0.1, -0.05) is 0 Å². The van der Waals surface area contributed by atoms with Crippen molar-refractivity contribution in [3.63, 3.8) is 0 Å². The number of hydrogen-bond acceptors (Lipinski definition) is 3. The number of halogens is 1. The van der Waals surface area contributed by atoms with Crippen LogP contribution in [0.5, 0.6) is 0 Å². The van der Waals surface area contributed by atoms with Crippen LogP contribution in [0, 0.1) is 0 Å². The molecule has 0 aliphatic heterocycles. The molecule has 0 unspecified atom stereocenters. The summed E-state index contributed by atoms with van der Waals surface area (Å²) in [6, 6.07) is 1.43. The van der Waals surface area contributed by atoms with Crippen LogP contribution in [0.1, 0.15) is 17.3 Å². The molecule has 0 saturated heterocycles. The third-order valence-corrected chi connectivity index (χ3v) is 1.96. The second-order valence-electron chi connectivity index (χ2n) is 2.29. The van der Waals surface area contributed by atoms with Crippen molar-refractivity contribution in [2.75, 3.05) is 6.61 Å². The Hall–Kier alpha value is -1.10. The summed E-state index contributed by atoms with van der Waals surface area (Å²) in [6.07, 6.45) is 1.32. The summed E-state index contributed by atoms with van der Waals surface area (Å²) in [6.45, 7) is 2.04. The molecule has 0 spiro atoms. The zero-order valence-corrected chi connectivity index (χ0v) is 8.55. The van der Waals surface area contributed by atoms with Gasteiger partial charge in [-0.2, -0.15) is 0 Å². The van der Waals surface area contributed by atoms with E-state index in [1.54, 1.807) is 6.92 Å². The molecule has 0 aliphatic carbocycles. The van der Waals surface area contributed by atoms with E-state index in [1.807, 2.05) is 0 Å². The summed E-state index contributed by atoms with van der Waals surface area (Å²) in [5.74, 6) is -0.445. The van der Waals surface area contributed by atoms with Crippen LogP contribution in [-0.2, 0) is 4.74 Å². The van der Waals surface area contributed by atoms with Crippen molar-refractivity contribution in [3.8, 4) is 0 Å². The Morgan fingerprint density at radius 1 is 1.69 bits per heavy atom. The van der Waals surface area contributed by atoms with Gasteiger partial charge in [0.05, 0.1) is 16.6 Å². The fourth-order valence-electron chi connectivity index (χ4n) is 0.788. The second kappa shape index (κ2) is 4.23. The molecule has 4 nitrogen and oxygen atoms in total. The monoisotopic (exact) mass is 245 g/mol. The van der Waals surface area contributed by atoms with Crippen molar-refractivity contribution in [1.82, 2.24) is 4.98 Å². The lowest BCUT2D eigenvalue weighted by molar-refractivity contribution is 0.0525. The molecule has 0 atom stereocenters. The van der Waals surface area contributed by atoms with E-state index in [9.17, 15) is 9.59 Å². The van der Waals surface area contributed by atoms with Gasteiger partial charge in [0.15, 0.2) is 0 Å². The van der Waals surface area contributed by atoms with Crippen LogP contribution in [0.4, 0.5) is 0 Å². The number of rotatable bonds is 2. The van der Waals surface area contributed by atoms with E-state index in [0.717, 1.165) is 0 Å². The molecular formula is C8H8BrNO3. The summed E-state index contributed by atoms with van der Waals surface area (Å²) in [5.41, 5.74) is 0.0568. The molecular weight excluding hydrogens is 238 g/mol. The quantitative estimate of drug-likeness (QED) is 0.800. The zero-order chi connectivity index (χ0) is 9.84. The van der Waals surface area contributed by atoms with Crippen LogP contribution in [0.25, 0.3) is 0 Å². The van der Waals surface area contributed by atoms with E-state index in [1.165, 1.54) is 12.3 Å². The van der Waals surface area contributed by atoms with Crippen molar-refractivity contribution in [2.45, 2.75) is 6.92 Å². The summed E-state index contributed by atoms with van der Waals surface area (Å²) in [4.78, 5) is 24.4. The Balaban J connectivity index is 2.97. The van der Waals surface area contributed by atoms with Crippen LogP contribution in [-0.4, -0.2) is 17.6 Å². The average molecular weight is 246 g/mol. The molecule has 0 amide bonds. The lowest BCUT2D eigenvalue weighted by Crippen LogP contribution is -2.11. The molecule has 0 bridgehead atoms. The summed E-state index contributed by atoms with van der Waals surface area (Å²) in [5, 5.41) is 0. The first-order chi connectivity index (χ1) is 6.15. The van der Waals surface area contributed by atoms with Crippen molar-refractivity contribution in [3.05, 3.63) is 32.7 Å². The number of aromatic amines is 1. The van der Waals surface area contributed by atoms with Crippen LogP contribution < -0.4 is 5.56 Å². The van der Waals surface area contributed by atoms with E-state index < -0.39 is 5.97 Å². The Bertz CT molecular complexity index is 372. The molecule has 1 heterocycles. The zero-order valence-electron chi connectivity index (χ0n) is 6.96. The van der Waals surface area contributed by atoms with Gasteiger partial charge >= 0.3 is 5.97 Å². The molecule has 0 radical (unpaired) electrons. The van der Waals surface area contributed by atoms with Gasteiger partial charge in [0.1, 0.15) is 0 Å². The van der Waals surface area contributed by atoms with Gasteiger partial charge in [0, 0.05) is 6.20 Å². The van der Waals surface area contributed by atoms with E-state index in [2.05, 4.69) is 20.9 Å². The summed E-state index contributed by atoms with van der Waals surface area (Å²) < 4.78 is 5.06. The third kappa shape index (κ3) is 2.42. The fourth-order valence-corrected chi connectivity index (χ4v) is 1.15. The van der Waals surface area contributed by atoms with E-state index in [-0.39, 0.29) is 5.56 Å². The molecule has 13 heavy (non-hydrogen) atoms. The normalized spacial score (nSPS) is 9.69. The summed E-state index contributed by atoms with van der Waals surface area (Å²) in [7, 11) is 0. The standard InChI is InChI=1S/C8H8BrNO3/c1-2-13-8(12)5-3-6(9)7(11)10-4-5/h3-4H,2H2,1H3,(H,10,11). The molecule has 0 fully saturated rings. The number of carbonyl (C=O) groups excluding carboxylic acids is 1. The van der Waals surface area contributed by atoms with Gasteiger partial charge in [-0.15, -0.1) is 0 Å². The van der Waals surface area contributed by atoms with E-state index >= 15 is 0 Å². The highest BCUT2D eigenvalue weighted by molar-refractivity contribution is 9.10. The highest BCUT2D eigenvalue weighted by Crippen LogP contribution is 2.06. The molecule has 1 N–H and O–H groups in total. The number of carbonyl (C=O) groups is 1. The number of ether oxygens (including phenoxy) is 1. The molecule has 5 heteroatoms. The van der Waals surface area contributed by atoms with Gasteiger partial charge in [0.2, 0.25) is 0 Å². The smallest absolute Gasteiger partial charge is 0.339 e. The molecule has 0 aromatic carbocycles. The van der Waals surface area contributed by atoms with Crippen LogP contribution in [0.2, 0.25) is 0 Å². The maximum atomic E-state index is 11.1. The van der Waals surface area contributed by atoms with Gasteiger partial charge < -0.3 is 9.72 Å². The number of esters is 1. The largest absolute Gasteiger partial charge is 0.462 e. The Labute approximate surface area is 83.1 Å². The molecule has 0 aliphatic rings. The number of H-pyrrole nitrogens is 1. The molecule has 0 saturated carbocycles. The first-order valence-electron chi connectivity index (χ1n) is 3.70. The van der Waals surface area contributed by atoms with Gasteiger partial charge in [-0.05, 0) is 28.9 Å². The number of hydrogen-bond donors (Lipinski definition) is 1. The fraction of sp³-hybridized carbons (Fsp3) is 0.250. The molecule has 70 valence electrons. The minimum Gasteiger partial charge on any atom is -0.462 e. The van der Waals surface area contributed by atoms with Gasteiger partial charge in [0.25, 0.3) is 5.56 Å². The molecule has 1 aromatic rings. The SMILES string of the molecule is CCOC(=O)c1c[nH]c(=O)c(Br)c1. The third-order valence-electron chi connectivity index (χ3n) is 1.37. The van der Waals surface area contributed by atoms with Crippen molar-refractivity contribution in [1.29, 1.82) is 0 Å². The highest BCUT2D eigenvalue weighted by Gasteiger charge is 2.07. The maximum absolute atomic E-state index is 11.1. The average Bonchev–Trinajstić information content (AvgIpc) is 2.10. The predicted molar refractivity (Wildman–Crippen MR) is 50.7 cm³/mol. The van der Waals surface area contributed by atoms with Crippen molar-refractivity contribution in [2.24, 2.45) is 0 Å². The lowest BCUT2D eigenvalue weighted by atomic mass is 10.3. The maximum Gasteiger partial charge on any atom is 0.339 e. The van der Waals surface area contributed by atoms with Crippen LogP contribution in [0.15, 0.2) is 21.5 Å². The van der Waals surface area contributed by atoms with Gasteiger partial charge in [-0.3, -0.25) is 4.79 Å². The number of nitrogens with one attached hydrogen (secondary N) is 1. The minimum absolute atomic E-state index is 0.270. The van der Waals surface area contributed by atoms with Crippen LogP contribution >= 0.6 is 15.9 Å². The first kappa shape index (κ1) is 9.98. The minimum atomic E-state index is -0.445. The molecule has 1 rings (SSSR count). The highest BCUT2D eigenvalue weighted by atomic mass is 79.9. The van der Waals surface area contributed by atoms with E-state index in [0.29, 0.717) is 16.6 Å². The lowest BCUT2D eigenvalue weighted by Gasteiger charge is -2.00. The van der Waals surface area contributed by atoms with Crippen LogP contribution in [0.3, 0.4) is 0 Å². The number of pyridine rings is 1. The Morgan fingerprint density at radius 3 is 2.92 bits per heavy atom. The Morgan fingerprint density at radius 2 is 2.38 bits per heavy atom. The second-order valence-corrected chi connectivity index (χ2v) is 3.14. The summed E-state index contributed by atoms with van der Waals surface area (Å²) >= 11 is 3.01. The Kier molecular flexibility index (Phi) is 3.25. The number of aromatic nitrogens is 1. The van der Waals surface area contributed by atoms with Crippen molar-refractivity contribution >= 4 is 21.9 Å². The first-order valence-corrected chi connectivity index (χ1v) is 4.49. The topological polar surface area (TPSA) is 59.2 Å². The van der Waals surface area contributed by atoms with Crippen molar-refractivity contribution < 1.29 is 9.53 Å². The van der Waals surface area contributed by atoms with E-state index in [4.69, 9.17) is 4.74 Å². The van der Waals surface area contributed by atoms with Gasteiger partial charge in [-0.25, -0.2) is 4.79 Å².